The lowest BCUT2D eigenvalue weighted by atomic mass is 10.1. The van der Waals surface area contributed by atoms with E-state index in [2.05, 4.69) is 68.5 Å². The summed E-state index contributed by atoms with van der Waals surface area (Å²) in [5.74, 6) is 0. The number of hydrogen-bond donors (Lipinski definition) is 1. The van der Waals surface area contributed by atoms with Crippen LogP contribution in [0.3, 0.4) is 0 Å². The van der Waals surface area contributed by atoms with Crippen LogP contribution >= 0.6 is 0 Å². The second-order valence-corrected chi connectivity index (χ2v) is 8.28. The largest absolute Gasteiger partial charge is 0.311 e. The van der Waals surface area contributed by atoms with Gasteiger partial charge in [-0.15, -0.1) is 0 Å². The Morgan fingerprint density at radius 1 is 0.773 bits per heavy atom. The van der Waals surface area contributed by atoms with E-state index in [1.54, 1.807) is 0 Å². The Labute approximate surface area is 139 Å². The normalized spacial score (nSPS) is 21.1. The summed E-state index contributed by atoms with van der Waals surface area (Å²) in [6, 6.07) is 1.28. The number of rotatable bonds is 5. The van der Waals surface area contributed by atoms with E-state index >= 15 is 0 Å². The quantitative estimate of drug-likeness (QED) is 0.839. The fourth-order valence-electron chi connectivity index (χ4n) is 2.98. The van der Waals surface area contributed by atoms with Crippen LogP contribution in [-0.4, -0.2) is 84.7 Å². The Kier molecular flexibility index (Phi) is 8.33. The Hall–Kier alpha value is -0.160. The molecule has 0 atom stereocenters. The van der Waals surface area contributed by atoms with E-state index in [-0.39, 0.29) is 5.54 Å². The van der Waals surface area contributed by atoms with Crippen molar-refractivity contribution in [2.75, 3.05) is 52.4 Å². The highest BCUT2D eigenvalue weighted by molar-refractivity contribution is 4.77. The van der Waals surface area contributed by atoms with Crippen molar-refractivity contribution in [1.29, 1.82) is 0 Å². The van der Waals surface area contributed by atoms with Gasteiger partial charge in [0.2, 0.25) is 0 Å². The van der Waals surface area contributed by atoms with Gasteiger partial charge in [0.05, 0.1) is 0 Å². The molecule has 0 spiro atoms. The fraction of sp³-hybridized carbons (Fsp3) is 1.00. The van der Waals surface area contributed by atoms with Gasteiger partial charge < -0.3 is 5.32 Å². The Morgan fingerprint density at radius 2 is 1.18 bits per heavy atom. The van der Waals surface area contributed by atoms with Crippen molar-refractivity contribution in [1.82, 2.24) is 20.0 Å². The molecule has 0 unspecified atom stereocenters. The van der Waals surface area contributed by atoms with Crippen LogP contribution in [0.2, 0.25) is 0 Å². The van der Waals surface area contributed by atoms with Crippen LogP contribution in [0.4, 0.5) is 0 Å². The van der Waals surface area contributed by atoms with Gasteiger partial charge in [0, 0.05) is 70.0 Å². The van der Waals surface area contributed by atoms with Gasteiger partial charge in [-0.1, -0.05) is 0 Å². The third-order valence-corrected chi connectivity index (χ3v) is 4.63. The van der Waals surface area contributed by atoms with E-state index in [9.17, 15) is 0 Å². The van der Waals surface area contributed by atoms with Crippen LogP contribution in [0.1, 0.15) is 48.5 Å². The number of nitrogens with zero attached hydrogens (tertiary/aromatic N) is 3. The first-order valence-electron chi connectivity index (χ1n) is 9.14. The van der Waals surface area contributed by atoms with Gasteiger partial charge in [-0.2, -0.15) is 0 Å². The van der Waals surface area contributed by atoms with Crippen LogP contribution in [0.5, 0.6) is 0 Å². The third kappa shape index (κ3) is 7.91. The van der Waals surface area contributed by atoms with Crippen molar-refractivity contribution < 1.29 is 0 Å². The molecule has 1 aliphatic rings. The standard InChI is InChI=1S/C18H40N4/c1-16(2)21-12-10-20(9-8-19-18(5,6)7)11-13-22(15-14-21)17(3)4/h16-17,19H,8-15H2,1-7H3. The summed E-state index contributed by atoms with van der Waals surface area (Å²) in [5.41, 5.74) is 0.216. The monoisotopic (exact) mass is 312 g/mol. The van der Waals surface area contributed by atoms with Crippen LogP contribution in [0.15, 0.2) is 0 Å². The van der Waals surface area contributed by atoms with Gasteiger partial charge >= 0.3 is 0 Å². The molecule has 132 valence electrons. The zero-order valence-corrected chi connectivity index (χ0v) is 16.2. The van der Waals surface area contributed by atoms with E-state index in [4.69, 9.17) is 0 Å². The van der Waals surface area contributed by atoms with Crippen molar-refractivity contribution in [3.63, 3.8) is 0 Å². The van der Waals surface area contributed by atoms with Gasteiger partial charge in [-0.3, -0.25) is 14.7 Å². The van der Waals surface area contributed by atoms with Gasteiger partial charge in [0.1, 0.15) is 0 Å². The average Bonchev–Trinajstić information content (AvgIpc) is 2.47. The summed E-state index contributed by atoms with van der Waals surface area (Å²) in [6.45, 7) is 25.4. The molecule has 1 saturated heterocycles. The van der Waals surface area contributed by atoms with Gasteiger partial charge in [-0.05, 0) is 48.5 Å². The zero-order valence-electron chi connectivity index (χ0n) is 16.2. The van der Waals surface area contributed by atoms with Crippen molar-refractivity contribution in [3.05, 3.63) is 0 Å². The minimum atomic E-state index is 0.216. The minimum absolute atomic E-state index is 0.216. The molecule has 1 heterocycles. The molecule has 0 aromatic carbocycles. The molecule has 0 aromatic heterocycles. The molecule has 0 radical (unpaired) electrons. The van der Waals surface area contributed by atoms with Crippen LogP contribution < -0.4 is 5.32 Å². The first-order chi connectivity index (χ1) is 10.2. The van der Waals surface area contributed by atoms with Crippen molar-refractivity contribution in [2.45, 2.75) is 66.1 Å². The maximum atomic E-state index is 3.62. The third-order valence-electron chi connectivity index (χ3n) is 4.63. The van der Waals surface area contributed by atoms with Crippen molar-refractivity contribution in [3.8, 4) is 0 Å². The topological polar surface area (TPSA) is 21.8 Å². The number of nitrogens with one attached hydrogen (secondary N) is 1. The Balaban J connectivity index is 2.57. The van der Waals surface area contributed by atoms with Gasteiger partial charge in [0.25, 0.3) is 0 Å². The SMILES string of the molecule is CC(C)N1CCN(CCNC(C)(C)C)CCN(C(C)C)CC1. The minimum Gasteiger partial charge on any atom is -0.311 e. The summed E-state index contributed by atoms with van der Waals surface area (Å²) in [4.78, 5) is 7.89. The zero-order chi connectivity index (χ0) is 16.8. The highest BCUT2D eigenvalue weighted by Gasteiger charge is 2.19. The molecule has 0 saturated carbocycles. The Bertz CT molecular complexity index is 276. The van der Waals surface area contributed by atoms with E-state index in [1.165, 1.54) is 39.3 Å². The average molecular weight is 313 g/mol. The molecule has 0 aromatic rings. The van der Waals surface area contributed by atoms with Crippen LogP contribution in [0, 0.1) is 0 Å². The second-order valence-electron chi connectivity index (χ2n) is 8.28. The Morgan fingerprint density at radius 3 is 1.55 bits per heavy atom. The first-order valence-corrected chi connectivity index (χ1v) is 9.14. The lowest BCUT2D eigenvalue weighted by molar-refractivity contribution is 0.169. The van der Waals surface area contributed by atoms with Crippen LogP contribution in [-0.2, 0) is 0 Å². The summed E-state index contributed by atoms with van der Waals surface area (Å²) >= 11 is 0. The van der Waals surface area contributed by atoms with Crippen LogP contribution in [0.25, 0.3) is 0 Å². The molecular formula is C18H40N4. The summed E-state index contributed by atoms with van der Waals surface area (Å²) in [7, 11) is 0. The molecule has 1 N–H and O–H groups in total. The molecule has 22 heavy (non-hydrogen) atoms. The van der Waals surface area contributed by atoms with E-state index < -0.39 is 0 Å². The van der Waals surface area contributed by atoms with Gasteiger partial charge in [0.15, 0.2) is 0 Å². The maximum absolute atomic E-state index is 3.62. The van der Waals surface area contributed by atoms with E-state index in [0.717, 1.165) is 13.1 Å². The summed E-state index contributed by atoms with van der Waals surface area (Å²) < 4.78 is 0. The maximum Gasteiger partial charge on any atom is 0.0113 e. The molecule has 4 heteroatoms. The molecule has 0 bridgehead atoms. The fourth-order valence-corrected chi connectivity index (χ4v) is 2.98. The predicted octanol–water partition coefficient (Wildman–Crippen LogP) is 2.11. The smallest absolute Gasteiger partial charge is 0.0113 e. The first kappa shape index (κ1) is 19.9. The highest BCUT2D eigenvalue weighted by Crippen LogP contribution is 2.07. The lowest BCUT2D eigenvalue weighted by Gasteiger charge is -2.30. The molecule has 4 nitrogen and oxygen atoms in total. The summed E-state index contributed by atoms with van der Waals surface area (Å²) in [5, 5.41) is 3.62. The molecule has 0 amide bonds. The van der Waals surface area contributed by atoms with Crippen molar-refractivity contribution >= 4 is 0 Å². The molecular weight excluding hydrogens is 272 g/mol. The molecule has 0 aliphatic carbocycles. The summed E-state index contributed by atoms with van der Waals surface area (Å²) in [6.07, 6.45) is 0. The molecule has 1 fully saturated rings. The van der Waals surface area contributed by atoms with E-state index in [0.29, 0.717) is 12.1 Å². The molecule has 1 aliphatic heterocycles. The molecule has 1 rings (SSSR count). The second kappa shape index (κ2) is 9.21. The lowest BCUT2D eigenvalue weighted by Crippen LogP contribution is -2.44. The van der Waals surface area contributed by atoms with E-state index in [1.807, 2.05) is 0 Å². The highest BCUT2D eigenvalue weighted by atomic mass is 15.3. The predicted molar refractivity (Wildman–Crippen MR) is 97.6 cm³/mol. The van der Waals surface area contributed by atoms with Crippen molar-refractivity contribution in [2.24, 2.45) is 0 Å². The number of hydrogen-bond acceptors (Lipinski definition) is 4. The van der Waals surface area contributed by atoms with Gasteiger partial charge in [-0.25, -0.2) is 0 Å².